The Kier molecular flexibility index (Phi) is 137. The normalized spacial score (nSPS) is 0. The van der Waals surface area contributed by atoms with Crippen molar-refractivity contribution in [3.63, 3.8) is 0 Å². The zero-order valence-electron chi connectivity index (χ0n) is 2.00. The van der Waals surface area contributed by atoms with E-state index >= 15 is 0 Å². The Morgan fingerprint density at radius 3 is 0.500 bits per heavy atom. The molecule has 0 heterocycles. The Morgan fingerprint density at radius 2 is 0.500 bits per heavy atom. The first-order valence-corrected chi connectivity index (χ1v) is 0. The van der Waals surface area contributed by atoms with Crippen LogP contribution in [-0.4, -0.2) is 18.9 Å². The van der Waals surface area contributed by atoms with Gasteiger partial charge in [0.1, 0.15) is 0 Å². The minimum absolute atomic E-state index is 0. The van der Waals surface area contributed by atoms with Gasteiger partial charge in [0.2, 0.25) is 0 Å². The summed E-state index contributed by atoms with van der Waals surface area (Å²) >= 11 is 0. The molecular formula is Ir3Li. The largest absolute Gasteiger partial charge is 0 e. The molecule has 4 heteroatoms. The summed E-state index contributed by atoms with van der Waals surface area (Å²) in [4.78, 5) is 0. The van der Waals surface area contributed by atoms with E-state index in [0.717, 1.165) is 0 Å². The third-order valence-corrected chi connectivity index (χ3v) is 0. The van der Waals surface area contributed by atoms with Gasteiger partial charge in [-0.15, -0.1) is 0 Å². The van der Waals surface area contributed by atoms with Gasteiger partial charge < -0.3 is 0 Å². The van der Waals surface area contributed by atoms with Crippen molar-refractivity contribution < 1.29 is 60.3 Å². The van der Waals surface area contributed by atoms with Crippen molar-refractivity contribution >= 4 is 18.9 Å². The summed E-state index contributed by atoms with van der Waals surface area (Å²) in [5, 5.41) is 0. The van der Waals surface area contributed by atoms with E-state index in [2.05, 4.69) is 0 Å². The Labute approximate surface area is 78.1 Å². The second-order valence-corrected chi connectivity index (χ2v) is 0. The van der Waals surface area contributed by atoms with Gasteiger partial charge in [0.05, 0.1) is 0 Å². The molecule has 0 rings (SSSR count). The van der Waals surface area contributed by atoms with E-state index < -0.39 is 0 Å². The van der Waals surface area contributed by atoms with Crippen molar-refractivity contribution in [3.05, 3.63) is 0 Å². The molecule has 0 saturated carbocycles. The monoisotopic (exact) mass is 586 g/mol. The third-order valence-electron chi connectivity index (χ3n) is 0. The van der Waals surface area contributed by atoms with Crippen LogP contribution in [0, 0.1) is 0 Å². The minimum Gasteiger partial charge on any atom is 0 e. The Bertz CT molecular complexity index is 3.25. The summed E-state index contributed by atoms with van der Waals surface area (Å²) in [5.74, 6) is 0. The summed E-state index contributed by atoms with van der Waals surface area (Å²) in [7, 11) is 0. The summed E-state index contributed by atoms with van der Waals surface area (Å²) < 4.78 is 0. The summed E-state index contributed by atoms with van der Waals surface area (Å²) in [6.45, 7) is 0. The molecule has 28 valence electrons. The predicted molar refractivity (Wildman–Crippen MR) is 5.75 cm³/mol. The molecule has 4 heavy (non-hydrogen) atoms. The minimum atomic E-state index is 0. The van der Waals surface area contributed by atoms with Crippen molar-refractivity contribution in [2.24, 2.45) is 0 Å². The van der Waals surface area contributed by atoms with Gasteiger partial charge in [-0.1, -0.05) is 0 Å². The van der Waals surface area contributed by atoms with Crippen LogP contribution < -0.4 is 0 Å². The molecule has 0 amide bonds. The second kappa shape index (κ2) is 17.7. The van der Waals surface area contributed by atoms with Gasteiger partial charge in [-0.25, -0.2) is 0 Å². The first-order chi connectivity index (χ1) is 0. The molecular weight excluding hydrogens is 584 g/mol. The smallest absolute Gasteiger partial charge is 0 e. The molecule has 0 N–H and O–H groups in total. The summed E-state index contributed by atoms with van der Waals surface area (Å²) in [5.41, 5.74) is 0. The van der Waals surface area contributed by atoms with Gasteiger partial charge in [-0.3, -0.25) is 0 Å². The van der Waals surface area contributed by atoms with Crippen LogP contribution in [0.4, 0.5) is 0 Å². The zero-order valence-corrected chi connectivity index (χ0v) is 9.19. The molecule has 0 bridgehead atoms. The van der Waals surface area contributed by atoms with Gasteiger partial charge in [0.25, 0.3) is 0 Å². The first-order valence-electron chi connectivity index (χ1n) is 0. The van der Waals surface area contributed by atoms with Crippen LogP contribution in [0.3, 0.4) is 0 Å². The first kappa shape index (κ1) is 31.1. The standard InChI is InChI=1S/3Ir.Li. The number of hydrogen-bond donors (Lipinski definition) is 0. The van der Waals surface area contributed by atoms with Gasteiger partial charge in [0, 0.05) is 79.2 Å². The maximum absolute atomic E-state index is 0. The maximum atomic E-state index is 0. The van der Waals surface area contributed by atoms with E-state index in [4.69, 9.17) is 0 Å². The van der Waals surface area contributed by atoms with E-state index in [1.807, 2.05) is 0 Å². The Morgan fingerprint density at radius 1 is 0.500 bits per heavy atom. The van der Waals surface area contributed by atoms with E-state index in [0.29, 0.717) is 0 Å². The molecule has 0 aliphatic heterocycles. The molecule has 4 radical (unpaired) electrons. The molecule has 0 aliphatic rings. The van der Waals surface area contributed by atoms with E-state index in [9.17, 15) is 0 Å². The van der Waals surface area contributed by atoms with Crippen LogP contribution in [0.2, 0.25) is 0 Å². The third kappa shape index (κ3) is 8.82. The van der Waals surface area contributed by atoms with Crippen molar-refractivity contribution in [1.29, 1.82) is 0 Å². The van der Waals surface area contributed by atoms with E-state index in [-0.39, 0.29) is 79.2 Å². The van der Waals surface area contributed by atoms with Crippen molar-refractivity contribution in [2.75, 3.05) is 0 Å². The SMILES string of the molecule is [Ir].[Ir].[Ir].[Li]. The van der Waals surface area contributed by atoms with Crippen LogP contribution in [0.1, 0.15) is 0 Å². The van der Waals surface area contributed by atoms with Gasteiger partial charge >= 0.3 is 0 Å². The fourth-order valence-corrected chi connectivity index (χ4v) is 0. The van der Waals surface area contributed by atoms with Crippen LogP contribution in [-0.2, 0) is 60.3 Å². The molecule has 0 aromatic rings. The molecule has 0 aromatic carbocycles. The Hall–Kier alpha value is 2.55. The maximum Gasteiger partial charge on any atom is 0 e. The van der Waals surface area contributed by atoms with Crippen LogP contribution in [0.5, 0.6) is 0 Å². The van der Waals surface area contributed by atoms with Crippen molar-refractivity contribution in [2.45, 2.75) is 0 Å². The average Bonchev–Trinajstić information content (AvgIpc) is 0. The summed E-state index contributed by atoms with van der Waals surface area (Å²) in [6.07, 6.45) is 0. The molecule has 0 unspecified atom stereocenters. The van der Waals surface area contributed by atoms with Gasteiger partial charge in [-0.2, -0.15) is 0 Å². The van der Waals surface area contributed by atoms with Crippen LogP contribution in [0.15, 0.2) is 0 Å². The fraction of sp³-hybridized carbons (Fsp3) is 0. The molecule has 0 spiro atoms. The zero-order chi connectivity index (χ0) is 0. The van der Waals surface area contributed by atoms with Crippen molar-refractivity contribution in [1.82, 2.24) is 0 Å². The molecule has 0 saturated heterocycles. The molecule has 0 aromatic heterocycles. The Balaban J connectivity index is 0. The average molecular weight is 584 g/mol. The molecule has 0 aliphatic carbocycles. The van der Waals surface area contributed by atoms with E-state index in [1.54, 1.807) is 0 Å². The van der Waals surface area contributed by atoms with Gasteiger partial charge in [-0.05, 0) is 0 Å². The predicted octanol–water partition coefficient (Wildman–Crippen LogP) is -0.388. The topological polar surface area (TPSA) is 0 Å². The van der Waals surface area contributed by atoms with Crippen LogP contribution in [0.25, 0.3) is 0 Å². The molecule has 0 fully saturated rings. The molecule has 0 atom stereocenters. The summed E-state index contributed by atoms with van der Waals surface area (Å²) in [6, 6.07) is 0. The second-order valence-electron chi connectivity index (χ2n) is 0. The van der Waals surface area contributed by atoms with E-state index in [1.165, 1.54) is 0 Å². The molecule has 0 nitrogen and oxygen atoms in total. The van der Waals surface area contributed by atoms with Crippen molar-refractivity contribution in [3.8, 4) is 0 Å². The van der Waals surface area contributed by atoms with Gasteiger partial charge in [0.15, 0.2) is 0 Å². The van der Waals surface area contributed by atoms with Crippen LogP contribution >= 0.6 is 0 Å². The number of rotatable bonds is 0. The fourth-order valence-electron chi connectivity index (χ4n) is 0. The quantitative estimate of drug-likeness (QED) is 0.341. The number of hydrogen-bond acceptors (Lipinski definition) is 0.